The van der Waals surface area contributed by atoms with Crippen molar-refractivity contribution in [3.63, 3.8) is 0 Å². The lowest BCUT2D eigenvalue weighted by Gasteiger charge is -1.94. The van der Waals surface area contributed by atoms with Crippen molar-refractivity contribution in [1.82, 2.24) is 0 Å². The molecule has 1 rings (SSSR count). The Morgan fingerprint density at radius 1 is 0.882 bits per heavy atom. The van der Waals surface area contributed by atoms with E-state index < -0.39 is 0 Å². The Balaban J connectivity index is 0.000000304. The number of rotatable bonds is 6. The second kappa shape index (κ2) is 11.5. The zero-order chi connectivity index (χ0) is 12.9. The largest absolute Gasteiger partial charge is 0.508 e. The first-order valence-corrected chi connectivity index (χ1v) is 7.02. The number of hydrogen-bond donors (Lipinski definition) is 1. The van der Waals surface area contributed by atoms with Crippen LogP contribution in [0.25, 0.3) is 0 Å². The fraction of sp³-hybridized carbons (Fsp3) is 0.625. The van der Waals surface area contributed by atoms with E-state index in [1.54, 1.807) is 12.1 Å². The van der Waals surface area contributed by atoms with Crippen LogP contribution in [0.5, 0.6) is 5.75 Å². The number of benzene rings is 1. The molecule has 1 aromatic rings. The number of aromatic hydroxyl groups is 1. The summed E-state index contributed by atoms with van der Waals surface area (Å²) in [6.45, 7) is 6.58. The van der Waals surface area contributed by atoms with Gasteiger partial charge in [-0.15, -0.1) is 0 Å². The van der Waals surface area contributed by atoms with Crippen molar-refractivity contribution in [3.8, 4) is 5.75 Å². The van der Waals surface area contributed by atoms with Crippen LogP contribution in [0.4, 0.5) is 0 Å². The van der Waals surface area contributed by atoms with E-state index in [1.807, 2.05) is 12.1 Å². The first kappa shape index (κ1) is 16.0. The molecule has 17 heavy (non-hydrogen) atoms. The van der Waals surface area contributed by atoms with Gasteiger partial charge in [-0.25, -0.2) is 0 Å². The molecule has 1 nitrogen and oxygen atoms in total. The summed E-state index contributed by atoms with van der Waals surface area (Å²) >= 11 is 0. The molecule has 0 aliphatic carbocycles. The van der Waals surface area contributed by atoms with Crippen LogP contribution < -0.4 is 0 Å². The predicted molar refractivity (Wildman–Crippen MR) is 76.5 cm³/mol. The van der Waals surface area contributed by atoms with Crippen molar-refractivity contribution in [2.45, 2.75) is 65.7 Å². The average molecular weight is 236 g/mol. The number of phenolic OH excluding ortho intramolecular Hbond substituents is 1. The van der Waals surface area contributed by atoms with Crippen LogP contribution >= 0.6 is 0 Å². The summed E-state index contributed by atoms with van der Waals surface area (Å²) in [4.78, 5) is 0. The van der Waals surface area contributed by atoms with Crippen molar-refractivity contribution < 1.29 is 5.11 Å². The van der Waals surface area contributed by atoms with Crippen molar-refractivity contribution in [2.75, 3.05) is 0 Å². The molecule has 0 fully saturated rings. The molecule has 1 N–H and O–H groups in total. The highest BCUT2D eigenvalue weighted by molar-refractivity contribution is 5.26. The standard InChI is InChI=1S/C8H10O.C8H18/c1-2-7-4-3-5-8(9)6-7;1-3-5-7-8-6-4-2/h3-6,9H,2H2,1H3;3-8H2,1-2H3. The highest BCUT2D eigenvalue weighted by Gasteiger charge is 1.87. The smallest absolute Gasteiger partial charge is 0.115 e. The van der Waals surface area contributed by atoms with Gasteiger partial charge in [-0.1, -0.05) is 71.4 Å². The molecule has 0 spiro atoms. The third kappa shape index (κ3) is 9.92. The second-order valence-corrected chi connectivity index (χ2v) is 4.44. The minimum Gasteiger partial charge on any atom is -0.508 e. The van der Waals surface area contributed by atoms with Crippen molar-refractivity contribution in [3.05, 3.63) is 29.8 Å². The van der Waals surface area contributed by atoms with Crippen molar-refractivity contribution in [1.29, 1.82) is 0 Å². The quantitative estimate of drug-likeness (QED) is 0.663. The molecule has 0 radical (unpaired) electrons. The summed E-state index contributed by atoms with van der Waals surface area (Å²) in [5, 5.41) is 8.94. The fourth-order valence-electron chi connectivity index (χ4n) is 1.63. The van der Waals surface area contributed by atoms with Gasteiger partial charge in [0.1, 0.15) is 5.75 Å². The maximum Gasteiger partial charge on any atom is 0.115 e. The van der Waals surface area contributed by atoms with Gasteiger partial charge in [0.2, 0.25) is 0 Å². The van der Waals surface area contributed by atoms with Gasteiger partial charge in [-0.05, 0) is 24.1 Å². The first-order valence-electron chi connectivity index (χ1n) is 7.02. The molecular weight excluding hydrogens is 208 g/mol. The van der Waals surface area contributed by atoms with Crippen LogP contribution in [-0.4, -0.2) is 5.11 Å². The number of unbranched alkanes of at least 4 members (excludes halogenated alkanes) is 5. The minimum absolute atomic E-state index is 0.356. The van der Waals surface area contributed by atoms with Gasteiger partial charge in [0, 0.05) is 0 Å². The van der Waals surface area contributed by atoms with Gasteiger partial charge in [0.25, 0.3) is 0 Å². The second-order valence-electron chi connectivity index (χ2n) is 4.44. The van der Waals surface area contributed by atoms with E-state index in [9.17, 15) is 0 Å². The summed E-state index contributed by atoms with van der Waals surface area (Å²) in [5.41, 5.74) is 1.18. The average Bonchev–Trinajstić information content (AvgIpc) is 2.35. The first-order chi connectivity index (χ1) is 8.24. The lowest BCUT2D eigenvalue weighted by atomic mass is 10.1. The molecule has 0 saturated heterocycles. The normalized spacial score (nSPS) is 9.59. The van der Waals surface area contributed by atoms with Gasteiger partial charge in [0.15, 0.2) is 0 Å². The maximum absolute atomic E-state index is 8.94. The molecule has 0 aliphatic rings. The van der Waals surface area contributed by atoms with Gasteiger partial charge in [0.05, 0.1) is 0 Å². The van der Waals surface area contributed by atoms with Crippen molar-refractivity contribution in [2.24, 2.45) is 0 Å². The van der Waals surface area contributed by atoms with E-state index in [-0.39, 0.29) is 0 Å². The maximum atomic E-state index is 8.94. The Labute approximate surface area is 107 Å². The van der Waals surface area contributed by atoms with Crippen LogP contribution in [0.1, 0.15) is 64.9 Å². The van der Waals surface area contributed by atoms with Gasteiger partial charge >= 0.3 is 0 Å². The number of phenols is 1. The fourth-order valence-corrected chi connectivity index (χ4v) is 1.63. The zero-order valence-corrected chi connectivity index (χ0v) is 11.7. The molecule has 0 unspecified atom stereocenters. The van der Waals surface area contributed by atoms with Crippen LogP contribution in [0.3, 0.4) is 0 Å². The third-order valence-corrected chi connectivity index (χ3v) is 2.78. The molecule has 0 atom stereocenters. The summed E-state index contributed by atoms with van der Waals surface area (Å²) in [6.07, 6.45) is 9.47. The van der Waals surface area contributed by atoms with Crippen LogP contribution in [0, 0.1) is 0 Å². The number of hydrogen-bond acceptors (Lipinski definition) is 1. The molecule has 0 heterocycles. The molecule has 0 saturated carbocycles. The molecule has 0 aliphatic heterocycles. The Kier molecular flexibility index (Phi) is 10.8. The monoisotopic (exact) mass is 236 g/mol. The van der Waals surface area contributed by atoms with E-state index >= 15 is 0 Å². The molecule has 1 aromatic carbocycles. The Hall–Kier alpha value is -0.980. The van der Waals surface area contributed by atoms with Crippen LogP contribution in [0.15, 0.2) is 24.3 Å². The van der Waals surface area contributed by atoms with E-state index in [1.165, 1.54) is 44.1 Å². The Morgan fingerprint density at radius 2 is 1.47 bits per heavy atom. The van der Waals surface area contributed by atoms with Crippen LogP contribution in [-0.2, 0) is 6.42 Å². The highest BCUT2D eigenvalue weighted by Crippen LogP contribution is 2.10. The summed E-state index contributed by atoms with van der Waals surface area (Å²) < 4.78 is 0. The van der Waals surface area contributed by atoms with E-state index in [0.717, 1.165) is 6.42 Å². The van der Waals surface area contributed by atoms with Gasteiger partial charge in [-0.3, -0.25) is 0 Å². The lowest BCUT2D eigenvalue weighted by Crippen LogP contribution is -1.75. The SMILES string of the molecule is CCCCCCCC.CCc1cccc(O)c1. The predicted octanol–water partition coefficient (Wildman–Crippen LogP) is 5.32. The van der Waals surface area contributed by atoms with E-state index in [4.69, 9.17) is 5.11 Å². The summed E-state index contributed by atoms with van der Waals surface area (Å²) in [6, 6.07) is 7.31. The lowest BCUT2D eigenvalue weighted by molar-refractivity contribution is 0.474. The van der Waals surface area contributed by atoms with Gasteiger partial charge in [-0.2, -0.15) is 0 Å². The van der Waals surface area contributed by atoms with E-state index in [0.29, 0.717) is 5.75 Å². The Bertz CT molecular complexity index is 262. The molecule has 98 valence electrons. The summed E-state index contributed by atoms with van der Waals surface area (Å²) in [7, 11) is 0. The zero-order valence-electron chi connectivity index (χ0n) is 11.7. The Morgan fingerprint density at radius 3 is 1.82 bits per heavy atom. The third-order valence-electron chi connectivity index (χ3n) is 2.78. The van der Waals surface area contributed by atoms with Crippen LogP contribution in [0.2, 0.25) is 0 Å². The highest BCUT2D eigenvalue weighted by atomic mass is 16.3. The van der Waals surface area contributed by atoms with E-state index in [2.05, 4.69) is 20.8 Å². The molecule has 0 amide bonds. The topological polar surface area (TPSA) is 20.2 Å². The number of aryl methyl sites for hydroxylation is 1. The van der Waals surface area contributed by atoms with Crippen molar-refractivity contribution >= 4 is 0 Å². The van der Waals surface area contributed by atoms with Gasteiger partial charge < -0.3 is 5.11 Å². The molecule has 1 heteroatoms. The molecule has 0 aromatic heterocycles. The molecular formula is C16H28O. The molecule has 0 bridgehead atoms. The minimum atomic E-state index is 0.356. The summed E-state index contributed by atoms with van der Waals surface area (Å²) in [5.74, 6) is 0.356.